The zero-order chi connectivity index (χ0) is 15.5. The third-order valence-corrected chi connectivity index (χ3v) is 3.32. The molecule has 0 fully saturated rings. The second kappa shape index (κ2) is 10.0. The fourth-order valence-electron chi connectivity index (χ4n) is 2.09. The van der Waals surface area contributed by atoms with E-state index in [4.69, 9.17) is 15.2 Å². The van der Waals surface area contributed by atoms with Crippen molar-refractivity contribution in [3.05, 3.63) is 23.8 Å². The molecule has 1 rings (SSSR count). The van der Waals surface area contributed by atoms with Gasteiger partial charge in [-0.25, -0.2) is 0 Å². The lowest BCUT2D eigenvalue weighted by Gasteiger charge is -2.11. The molecule has 0 aromatic heterocycles. The minimum Gasteiger partial charge on any atom is -0.497 e. The molecule has 5 nitrogen and oxygen atoms in total. The maximum Gasteiger partial charge on any atom is 0.220 e. The highest BCUT2D eigenvalue weighted by atomic mass is 16.5. The number of benzene rings is 1. The minimum absolute atomic E-state index is 0.0626. The first-order chi connectivity index (χ1) is 10.2. The van der Waals surface area contributed by atoms with Gasteiger partial charge in [0.25, 0.3) is 0 Å². The van der Waals surface area contributed by atoms with Gasteiger partial charge in [-0.3, -0.25) is 4.79 Å². The molecule has 0 saturated carbocycles. The van der Waals surface area contributed by atoms with Crippen LogP contribution in [0, 0.1) is 0 Å². The highest BCUT2D eigenvalue weighted by molar-refractivity contribution is 5.75. The lowest BCUT2D eigenvalue weighted by Crippen LogP contribution is -2.22. The number of rotatable bonds is 10. The van der Waals surface area contributed by atoms with Crippen molar-refractivity contribution in [1.82, 2.24) is 5.32 Å². The summed E-state index contributed by atoms with van der Waals surface area (Å²) in [4.78, 5) is 11.8. The van der Waals surface area contributed by atoms with E-state index in [0.717, 1.165) is 49.3 Å². The fourth-order valence-corrected chi connectivity index (χ4v) is 2.09. The largest absolute Gasteiger partial charge is 0.497 e. The van der Waals surface area contributed by atoms with Gasteiger partial charge >= 0.3 is 0 Å². The van der Waals surface area contributed by atoms with Crippen LogP contribution in [0.1, 0.15) is 37.7 Å². The zero-order valence-corrected chi connectivity index (χ0v) is 13.0. The zero-order valence-electron chi connectivity index (χ0n) is 13.0. The van der Waals surface area contributed by atoms with Crippen molar-refractivity contribution in [1.29, 1.82) is 0 Å². The van der Waals surface area contributed by atoms with Crippen LogP contribution >= 0.6 is 0 Å². The van der Waals surface area contributed by atoms with Gasteiger partial charge < -0.3 is 20.5 Å². The summed E-state index contributed by atoms with van der Waals surface area (Å²) in [6.45, 7) is 1.17. The molecule has 118 valence electrons. The van der Waals surface area contributed by atoms with Crippen molar-refractivity contribution < 1.29 is 14.3 Å². The second-order valence-corrected chi connectivity index (χ2v) is 4.91. The molecule has 21 heavy (non-hydrogen) atoms. The molecule has 1 aromatic carbocycles. The van der Waals surface area contributed by atoms with E-state index in [1.807, 2.05) is 18.2 Å². The molecule has 1 aromatic rings. The molecular formula is C16H26N2O3. The van der Waals surface area contributed by atoms with E-state index in [1.54, 1.807) is 14.2 Å². The third-order valence-electron chi connectivity index (χ3n) is 3.32. The lowest BCUT2D eigenvalue weighted by molar-refractivity contribution is -0.121. The van der Waals surface area contributed by atoms with E-state index >= 15 is 0 Å². The average Bonchev–Trinajstić information content (AvgIpc) is 2.52. The molecule has 0 atom stereocenters. The van der Waals surface area contributed by atoms with E-state index in [9.17, 15) is 4.79 Å². The van der Waals surface area contributed by atoms with Gasteiger partial charge in [0, 0.05) is 18.5 Å². The summed E-state index contributed by atoms with van der Waals surface area (Å²) >= 11 is 0. The normalized spacial score (nSPS) is 10.2. The number of unbranched alkanes of at least 4 members (excludes halogenated alkanes) is 3. The Balaban J connectivity index is 2.38. The number of carbonyl (C=O) groups excluding carboxylic acids is 1. The summed E-state index contributed by atoms with van der Waals surface area (Å²) in [7, 11) is 3.23. The lowest BCUT2D eigenvalue weighted by atomic mass is 10.1. The van der Waals surface area contributed by atoms with Gasteiger partial charge in [0.2, 0.25) is 5.91 Å². The van der Waals surface area contributed by atoms with E-state index in [-0.39, 0.29) is 5.91 Å². The van der Waals surface area contributed by atoms with Gasteiger partial charge in [-0.2, -0.15) is 0 Å². The standard InChI is InChI=1S/C16H26N2O3/c1-20-14-8-9-15(21-2)13(11-14)12-18-16(19)7-5-3-4-6-10-17/h8-9,11H,3-7,10,12,17H2,1-2H3,(H,18,19). The predicted molar refractivity (Wildman–Crippen MR) is 83.5 cm³/mol. The second-order valence-electron chi connectivity index (χ2n) is 4.91. The van der Waals surface area contributed by atoms with Crippen molar-refractivity contribution in [3.8, 4) is 11.5 Å². The van der Waals surface area contributed by atoms with Gasteiger partial charge in [-0.05, 0) is 37.6 Å². The number of carbonyl (C=O) groups is 1. The Bertz CT molecular complexity index is 436. The summed E-state index contributed by atoms with van der Waals surface area (Å²) in [5.74, 6) is 1.56. The van der Waals surface area contributed by atoms with Crippen LogP contribution in [0.25, 0.3) is 0 Å². The maximum absolute atomic E-state index is 11.8. The van der Waals surface area contributed by atoms with Gasteiger partial charge in [0.05, 0.1) is 14.2 Å². The molecule has 0 aliphatic carbocycles. The van der Waals surface area contributed by atoms with Crippen LogP contribution in [0.2, 0.25) is 0 Å². The summed E-state index contributed by atoms with van der Waals surface area (Å²) in [6, 6.07) is 5.55. The first-order valence-electron chi connectivity index (χ1n) is 7.39. The molecule has 0 heterocycles. The molecule has 3 N–H and O–H groups in total. The Kier molecular flexibility index (Phi) is 8.28. The van der Waals surface area contributed by atoms with Crippen LogP contribution in [0.15, 0.2) is 18.2 Å². The maximum atomic E-state index is 11.8. The smallest absolute Gasteiger partial charge is 0.220 e. The Morgan fingerprint density at radius 1 is 1.14 bits per heavy atom. The van der Waals surface area contributed by atoms with Crippen LogP contribution in [0.5, 0.6) is 11.5 Å². The highest BCUT2D eigenvalue weighted by Crippen LogP contribution is 2.23. The fraction of sp³-hybridized carbons (Fsp3) is 0.562. The van der Waals surface area contributed by atoms with E-state index < -0.39 is 0 Å². The van der Waals surface area contributed by atoms with Crippen molar-refractivity contribution in [2.24, 2.45) is 5.73 Å². The molecule has 0 unspecified atom stereocenters. The Morgan fingerprint density at radius 3 is 2.57 bits per heavy atom. The predicted octanol–water partition coefficient (Wildman–Crippen LogP) is 2.23. The first-order valence-corrected chi connectivity index (χ1v) is 7.39. The Hall–Kier alpha value is -1.75. The Labute approximate surface area is 126 Å². The number of hydrogen-bond donors (Lipinski definition) is 2. The number of nitrogens with one attached hydrogen (secondary N) is 1. The van der Waals surface area contributed by atoms with Crippen molar-refractivity contribution in [2.45, 2.75) is 38.6 Å². The number of nitrogens with two attached hydrogens (primary N) is 1. The SMILES string of the molecule is COc1ccc(OC)c(CNC(=O)CCCCCCN)c1. The summed E-state index contributed by atoms with van der Waals surface area (Å²) in [6.07, 6.45) is 4.63. The number of hydrogen-bond acceptors (Lipinski definition) is 4. The molecule has 0 aliphatic heterocycles. The van der Waals surface area contributed by atoms with Gasteiger partial charge in [-0.15, -0.1) is 0 Å². The van der Waals surface area contributed by atoms with Crippen LogP contribution in [0.3, 0.4) is 0 Å². The van der Waals surface area contributed by atoms with Crippen LogP contribution < -0.4 is 20.5 Å². The van der Waals surface area contributed by atoms with Crippen LogP contribution in [0.4, 0.5) is 0 Å². The first kappa shape index (κ1) is 17.3. The third kappa shape index (κ3) is 6.49. The monoisotopic (exact) mass is 294 g/mol. The molecule has 1 amide bonds. The molecule has 0 radical (unpaired) electrons. The van der Waals surface area contributed by atoms with Crippen molar-refractivity contribution in [3.63, 3.8) is 0 Å². The van der Waals surface area contributed by atoms with Crippen LogP contribution in [-0.2, 0) is 11.3 Å². The van der Waals surface area contributed by atoms with E-state index in [0.29, 0.717) is 13.0 Å². The molecule has 0 bridgehead atoms. The van der Waals surface area contributed by atoms with Crippen molar-refractivity contribution in [2.75, 3.05) is 20.8 Å². The number of ether oxygens (including phenoxy) is 2. The molecule has 0 spiro atoms. The van der Waals surface area contributed by atoms with Crippen LogP contribution in [-0.4, -0.2) is 26.7 Å². The highest BCUT2D eigenvalue weighted by Gasteiger charge is 2.07. The quantitative estimate of drug-likeness (QED) is 0.649. The van der Waals surface area contributed by atoms with E-state index in [2.05, 4.69) is 5.32 Å². The summed E-state index contributed by atoms with van der Waals surface area (Å²) < 4.78 is 10.5. The topological polar surface area (TPSA) is 73.6 Å². The average molecular weight is 294 g/mol. The molecule has 5 heteroatoms. The summed E-state index contributed by atoms with van der Waals surface area (Å²) in [5, 5.41) is 2.92. The minimum atomic E-state index is 0.0626. The molecule has 0 saturated heterocycles. The van der Waals surface area contributed by atoms with Gasteiger partial charge in [0.1, 0.15) is 11.5 Å². The molecule has 0 aliphatic rings. The Morgan fingerprint density at radius 2 is 1.90 bits per heavy atom. The van der Waals surface area contributed by atoms with E-state index in [1.165, 1.54) is 0 Å². The number of amides is 1. The van der Waals surface area contributed by atoms with Gasteiger partial charge in [0.15, 0.2) is 0 Å². The summed E-state index contributed by atoms with van der Waals surface area (Å²) in [5.41, 5.74) is 6.34. The number of methoxy groups -OCH3 is 2. The molecular weight excluding hydrogens is 268 g/mol. The van der Waals surface area contributed by atoms with Gasteiger partial charge in [-0.1, -0.05) is 12.8 Å². The van der Waals surface area contributed by atoms with Crippen molar-refractivity contribution >= 4 is 5.91 Å².